The summed E-state index contributed by atoms with van der Waals surface area (Å²) in [5.41, 5.74) is 15.8. The summed E-state index contributed by atoms with van der Waals surface area (Å²) >= 11 is 16.0. The van der Waals surface area contributed by atoms with E-state index in [4.69, 9.17) is 0 Å². The zero-order valence-corrected chi connectivity index (χ0v) is 44.1. The lowest BCUT2D eigenvalue weighted by molar-refractivity contribution is 0.607. The highest BCUT2D eigenvalue weighted by atomic mass is 79.9. The van der Waals surface area contributed by atoms with Crippen LogP contribution in [0.3, 0.4) is 0 Å². The number of rotatable bonds is 18. The van der Waals surface area contributed by atoms with Gasteiger partial charge in [0.15, 0.2) is 0 Å². The Morgan fingerprint density at radius 3 is 1.08 bits per heavy atom. The summed E-state index contributed by atoms with van der Waals surface area (Å²) in [7, 11) is 0. The average Bonchev–Trinajstić information content (AvgIpc) is 4.14. The van der Waals surface area contributed by atoms with Crippen LogP contribution >= 0.6 is 77.2 Å². The summed E-state index contributed by atoms with van der Waals surface area (Å²) in [6, 6.07) is 43.6. The van der Waals surface area contributed by atoms with E-state index in [9.17, 15) is 0 Å². The van der Waals surface area contributed by atoms with Gasteiger partial charge in [0.1, 0.15) is 0 Å². The SMILES string of the molecule is CCCCCCCCc1ccc(C2(c3ccc(C)cc3)c3cc(Br)sc3-c3sc4c5c(sc4c32)-c2sc(Br)cc2C5(c2ccc(C)cc2)c2ccc(CCCCCCCC)cc2)cc1. The van der Waals surface area contributed by atoms with Gasteiger partial charge in [-0.2, -0.15) is 0 Å². The largest absolute Gasteiger partial charge is 0.133 e. The quantitative estimate of drug-likeness (QED) is 0.0752. The van der Waals surface area contributed by atoms with Crippen molar-refractivity contribution >= 4 is 86.6 Å². The van der Waals surface area contributed by atoms with Crippen molar-refractivity contribution in [3.63, 3.8) is 0 Å². The molecule has 328 valence electrons. The molecule has 2 unspecified atom stereocenters. The summed E-state index contributed by atoms with van der Waals surface area (Å²) in [6.07, 6.45) is 18.2. The van der Waals surface area contributed by atoms with E-state index < -0.39 is 10.8 Å². The Morgan fingerprint density at radius 2 is 0.719 bits per heavy atom. The molecule has 0 spiro atoms. The molecule has 2 aliphatic rings. The molecule has 0 nitrogen and oxygen atoms in total. The number of unbranched alkanes of at least 4 members (excludes halogenated alkanes) is 10. The predicted molar refractivity (Wildman–Crippen MR) is 289 cm³/mol. The van der Waals surface area contributed by atoms with Gasteiger partial charge in [-0.25, -0.2) is 0 Å². The van der Waals surface area contributed by atoms with Crippen LogP contribution in [0, 0.1) is 13.8 Å². The summed E-state index contributed by atoms with van der Waals surface area (Å²) < 4.78 is 5.30. The van der Waals surface area contributed by atoms with Crippen molar-refractivity contribution in [3.05, 3.63) is 184 Å². The molecule has 2 aliphatic carbocycles. The van der Waals surface area contributed by atoms with Crippen molar-refractivity contribution in [2.45, 2.75) is 128 Å². The molecule has 2 atom stereocenters. The molecule has 0 amide bonds. The minimum atomic E-state index is -0.444. The fraction of sp³-hybridized carbons (Fsp3) is 0.345. The second-order valence-corrected chi connectivity index (χ2v) is 25.4. The first-order valence-electron chi connectivity index (χ1n) is 23.8. The Hall–Kier alpha value is -3.10. The van der Waals surface area contributed by atoms with Crippen molar-refractivity contribution in [2.75, 3.05) is 0 Å². The highest BCUT2D eigenvalue weighted by Crippen LogP contribution is 2.70. The molecule has 0 aliphatic heterocycles. The molecule has 0 radical (unpaired) electrons. The molecule has 4 heterocycles. The van der Waals surface area contributed by atoms with Crippen LogP contribution in [0.1, 0.15) is 158 Å². The number of aryl methyl sites for hydroxylation is 4. The molecular weight excluding hydrogens is 985 g/mol. The third kappa shape index (κ3) is 7.63. The van der Waals surface area contributed by atoms with E-state index in [2.05, 4.69) is 191 Å². The molecule has 0 fully saturated rings. The number of hydrogen-bond donors (Lipinski definition) is 0. The van der Waals surface area contributed by atoms with E-state index in [1.54, 1.807) is 0 Å². The van der Waals surface area contributed by atoms with Crippen LogP contribution in [0.15, 0.2) is 117 Å². The predicted octanol–water partition coefficient (Wildman–Crippen LogP) is 19.8. The number of benzene rings is 4. The molecule has 4 aromatic heterocycles. The summed E-state index contributed by atoms with van der Waals surface area (Å²) in [5.74, 6) is 0. The summed E-state index contributed by atoms with van der Waals surface area (Å²) in [5, 5.41) is 0. The van der Waals surface area contributed by atoms with Crippen molar-refractivity contribution in [3.8, 4) is 19.5 Å². The van der Waals surface area contributed by atoms with Crippen LogP contribution in [0.5, 0.6) is 0 Å². The Bertz CT molecular complexity index is 2690. The first-order valence-corrected chi connectivity index (χ1v) is 28.7. The van der Waals surface area contributed by atoms with Crippen molar-refractivity contribution < 1.29 is 0 Å². The smallest absolute Gasteiger partial charge is 0.0745 e. The summed E-state index contributed by atoms with van der Waals surface area (Å²) in [6.45, 7) is 9.04. The highest BCUT2D eigenvalue weighted by Gasteiger charge is 2.55. The van der Waals surface area contributed by atoms with Crippen LogP contribution in [-0.2, 0) is 23.7 Å². The van der Waals surface area contributed by atoms with Gasteiger partial charge in [-0.15, -0.1) is 45.3 Å². The van der Waals surface area contributed by atoms with Crippen LogP contribution in [-0.4, -0.2) is 0 Å². The number of thiophene rings is 4. The van der Waals surface area contributed by atoms with Crippen LogP contribution < -0.4 is 0 Å². The molecule has 0 saturated heterocycles. The van der Waals surface area contributed by atoms with E-state index >= 15 is 0 Å². The lowest BCUT2D eigenvalue weighted by Crippen LogP contribution is -2.28. The monoisotopic (exact) mass is 1040 g/mol. The van der Waals surface area contributed by atoms with Gasteiger partial charge in [-0.1, -0.05) is 186 Å². The van der Waals surface area contributed by atoms with Crippen molar-refractivity contribution in [1.29, 1.82) is 0 Å². The molecule has 0 bridgehead atoms. The second-order valence-electron chi connectivity index (χ2n) is 18.5. The summed E-state index contributed by atoms with van der Waals surface area (Å²) in [4.78, 5) is 5.71. The van der Waals surface area contributed by atoms with Crippen molar-refractivity contribution in [2.24, 2.45) is 0 Å². The lowest BCUT2D eigenvalue weighted by Gasteiger charge is -2.34. The molecular formula is C58H58Br2S4. The minimum Gasteiger partial charge on any atom is -0.133 e. The molecule has 8 aromatic rings. The van der Waals surface area contributed by atoms with Gasteiger partial charge >= 0.3 is 0 Å². The zero-order chi connectivity index (χ0) is 44.0. The maximum Gasteiger partial charge on any atom is 0.0745 e. The van der Waals surface area contributed by atoms with E-state index in [1.807, 2.05) is 22.7 Å². The minimum absolute atomic E-state index is 0.444. The molecule has 4 aromatic carbocycles. The van der Waals surface area contributed by atoms with Gasteiger partial charge < -0.3 is 0 Å². The molecule has 64 heavy (non-hydrogen) atoms. The maximum atomic E-state index is 4.03. The van der Waals surface area contributed by atoms with Gasteiger partial charge in [0.2, 0.25) is 0 Å². The topological polar surface area (TPSA) is 0 Å². The van der Waals surface area contributed by atoms with E-state index in [1.165, 1.54) is 180 Å². The third-order valence-electron chi connectivity index (χ3n) is 14.3. The number of fused-ring (bicyclic) bond motifs is 9. The Morgan fingerprint density at radius 1 is 0.391 bits per heavy atom. The van der Waals surface area contributed by atoms with Gasteiger partial charge in [0.25, 0.3) is 0 Å². The van der Waals surface area contributed by atoms with E-state index in [0.717, 1.165) is 12.8 Å². The maximum absolute atomic E-state index is 4.03. The normalized spacial score (nSPS) is 17.3. The van der Waals surface area contributed by atoms with Crippen LogP contribution in [0.25, 0.3) is 28.9 Å². The molecule has 0 N–H and O–H groups in total. The standard InChI is InChI=1S/C58H58Br2S4/c1-5-7-9-11-13-15-17-39-23-31-43(32-24-39)57(41-27-19-37(3)20-28-41)45-35-47(59)61-51(45)53-49(57)55-56(63-53)50-54(64-55)52-46(36-48(60)62-52)58(50,42-29-21-38(4)22-30-42)44-33-25-40(26-34-44)18-16-14-12-10-8-6-2/h19-36H,5-18H2,1-4H3. The molecule has 10 rings (SSSR count). The molecule has 0 saturated carbocycles. The Kier molecular flexibility index (Phi) is 13.2. The van der Waals surface area contributed by atoms with Gasteiger partial charge in [0.05, 0.1) is 47.3 Å². The Labute approximate surface area is 414 Å². The Balaban J connectivity index is 1.16. The first kappa shape index (κ1) is 44.7. The van der Waals surface area contributed by atoms with Crippen LogP contribution in [0.2, 0.25) is 0 Å². The number of hydrogen-bond acceptors (Lipinski definition) is 4. The van der Waals surface area contributed by atoms with Gasteiger partial charge in [-0.3, -0.25) is 0 Å². The fourth-order valence-corrected chi connectivity index (χ4v) is 17.7. The lowest BCUT2D eigenvalue weighted by atomic mass is 9.67. The zero-order valence-electron chi connectivity index (χ0n) is 37.7. The third-order valence-corrected chi connectivity index (χ3v) is 20.4. The first-order chi connectivity index (χ1) is 31.3. The van der Waals surface area contributed by atoms with Gasteiger partial charge in [-0.05, 0) is 128 Å². The molecule has 6 heteroatoms. The van der Waals surface area contributed by atoms with Crippen molar-refractivity contribution in [1.82, 2.24) is 0 Å². The fourth-order valence-electron chi connectivity index (χ4n) is 11.0. The average molecular weight is 1040 g/mol. The second kappa shape index (κ2) is 18.9. The van der Waals surface area contributed by atoms with E-state index in [-0.39, 0.29) is 0 Å². The highest BCUT2D eigenvalue weighted by molar-refractivity contribution is 9.11. The van der Waals surface area contributed by atoms with E-state index in [0.29, 0.717) is 0 Å². The van der Waals surface area contributed by atoms with Crippen LogP contribution in [0.4, 0.5) is 0 Å². The number of halogens is 2. The van der Waals surface area contributed by atoms with Gasteiger partial charge in [0, 0.05) is 11.1 Å².